The SMILES string of the molecule is CCC(CCO)N(NC(=O)c1ccc(CN2CCC(N3CCN(C)CC3)CC2)cc1)c1nc(C#N)ncc1Cl. The van der Waals surface area contributed by atoms with Crippen molar-refractivity contribution in [2.75, 3.05) is 57.9 Å². The lowest BCUT2D eigenvalue weighted by molar-refractivity contribution is 0.0658. The molecule has 0 saturated carbocycles. The monoisotopic (exact) mass is 554 g/mol. The molecule has 1 aromatic heterocycles. The lowest BCUT2D eigenvalue weighted by atomic mass is 10.0. The third-order valence-electron chi connectivity index (χ3n) is 7.81. The maximum Gasteiger partial charge on any atom is 0.269 e. The Hall–Kier alpha value is -2.81. The van der Waals surface area contributed by atoms with Crippen LogP contribution in [0.2, 0.25) is 5.02 Å². The molecule has 2 fully saturated rings. The summed E-state index contributed by atoms with van der Waals surface area (Å²) >= 11 is 6.35. The molecule has 2 aliphatic heterocycles. The van der Waals surface area contributed by atoms with Gasteiger partial charge in [-0.2, -0.15) is 10.2 Å². The number of nitrogens with one attached hydrogen (secondary N) is 1. The molecule has 10 nitrogen and oxygen atoms in total. The van der Waals surface area contributed by atoms with Crippen LogP contribution in [0.4, 0.5) is 5.82 Å². The summed E-state index contributed by atoms with van der Waals surface area (Å²) in [5, 5.41) is 20.6. The molecule has 0 spiro atoms. The molecule has 0 radical (unpaired) electrons. The summed E-state index contributed by atoms with van der Waals surface area (Å²) in [4.78, 5) is 28.9. The summed E-state index contributed by atoms with van der Waals surface area (Å²) in [7, 11) is 2.20. The van der Waals surface area contributed by atoms with Gasteiger partial charge in [-0.15, -0.1) is 0 Å². The predicted octanol–water partition coefficient (Wildman–Crippen LogP) is 2.53. The number of rotatable bonds is 10. The smallest absolute Gasteiger partial charge is 0.269 e. The Bertz CT molecular complexity index is 1130. The molecule has 210 valence electrons. The summed E-state index contributed by atoms with van der Waals surface area (Å²) in [5.41, 5.74) is 4.57. The minimum absolute atomic E-state index is 0.0515. The zero-order valence-corrected chi connectivity index (χ0v) is 23.6. The van der Waals surface area contributed by atoms with Crippen molar-refractivity contribution in [2.45, 2.75) is 51.2 Å². The first-order valence-electron chi connectivity index (χ1n) is 13.8. The third kappa shape index (κ3) is 7.65. The number of piperidine rings is 1. The van der Waals surface area contributed by atoms with Gasteiger partial charge in [0.05, 0.1) is 12.2 Å². The molecule has 39 heavy (non-hydrogen) atoms. The van der Waals surface area contributed by atoms with E-state index in [0.717, 1.165) is 32.7 Å². The Morgan fingerprint density at radius 1 is 1.21 bits per heavy atom. The molecule has 3 heterocycles. The minimum atomic E-state index is -0.320. The van der Waals surface area contributed by atoms with E-state index in [0.29, 0.717) is 24.4 Å². The maximum atomic E-state index is 13.2. The summed E-state index contributed by atoms with van der Waals surface area (Å²) in [6.07, 6.45) is 4.75. The molecule has 2 saturated heterocycles. The quantitative estimate of drug-likeness (QED) is 0.428. The highest BCUT2D eigenvalue weighted by Gasteiger charge is 2.27. The standard InChI is InChI=1S/C28H39ClN8O2/c1-3-23(10-17-38)37(27-25(29)19-31-26(18-30)32-27)33-28(39)22-6-4-21(5-7-22)20-35-11-8-24(9-12-35)36-15-13-34(2)14-16-36/h4-7,19,23-24,38H,3,8-17,20H2,1-2H3,(H,33,39). The summed E-state index contributed by atoms with van der Waals surface area (Å²) in [6, 6.07) is 9.98. The van der Waals surface area contributed by atoms with Crippen LogP contribution in [0, 0.1) is 11.3 Å². The van der Waals surface area contributed by atoms with Gasteiger partial charge in [0.2, 0.25) is 5.82 Å². The topological polar surface area (TPSA) is 112 Å². The summed E-state index contributed by atoms with van der Waals surface area (Å²) < 4.78 is 0. The van der Waals surface area contributed by atoms with E-state index in [9.17, 15) is 15.2 Å². The number of halogens is 1. The fourth-order valence-corrected chi connectivity index (χ4v) is 5.57. The number of hydrogen-bond donors (Lipinski definition) is 2. The number of hydrazine groups is 1. The number of carbonyl (C=O) groups is 1. The highest BCUT2D eigenvalue weighted by atomic mass is 35.5. The van der Waals surface area contributed by atoms with Crippen molar-refractivity contribution in [1.82, 2.24) is 30.1 Å². The zero-order chi connectivity index (χ0) is 27.8. The minimum Gasteiger partial charge on any atom is -0.396 e. The number of nitriles is 1. The number of carbonyl (C=O) groups excluding carboxylic acids is 1. The number of anilines is 1. The molecule has 1 atom stereocenters. The van der Waals surface area contributed by atoms with Gasteiger partial charge < -0.3 is 10.0 Å². The zero-order valence-electron chi connectivity index (χ0n) is 22.9. The number of hydrogen-bond acceptors (Lipinski definition) is 9. The number of likely N-dealkylation sites (N-methyl/N-ethyl adjacent to an activating group) is 1. The van der Waals surface area contributed by atoms with Gasteiger partial charge in [-0.25, -0.2) is 4.98 Å². The van der Waals surface area contributed by atoms with Crippen molar-refractivity contribution in [3.8, 4) is 6.07 Å². The van der Waals surface area contributed by atoms with E-state index in [1.54, 1.807) is 5.01 Å². The van der Waals surface area contributed by atoms with Crippen molar-refractivity contribution in [3.63, 3.8) is 0 Å². The van der Waals surface area contributed by atoms with E-state index < -0.39 is 0 Å². The number of piperazine rings is 1. The second-order valence-corrected chi connectivity index (χ2v) is 10.8. The van der Waals surface area contributed by atoms with Crippen LogP contribution in [-0.4, -0.2) is 101 Å². The number of likely N-dealkylation sites (tertiary alicyclic amines) is 1. The van der Waals surface area contributed by atoms with Crippen LogP contribution in [0.5, 0.6) is 0 Å². The molecule has 1 amide bonds. The van der Waals surface area contributed by atoms with Crippen LogP contribution in [0.25, 0.3) is 0 Å². The molecule has 1 unspecified atom stereocenters. The number of amides is 1. The fraction of sp³-hybridized carbons (Fsp3) is 0.571. The fourth-order valence-electron chi connectivity index (χ4n) is 5.39. The van der Waals surface area contributed by atoms with Crippen molar-refractivity contribution >= 4 is 23.3 Å². The maximum absolute atomic E-state index is 13.2. The number of nitrogens with zero attached hydrogens (tertiary/aromatic N) is 7. The van der Waals surface area contributed by atoms with Crippen molar-refractivity contribution < 1.29 is 9.90 Å². The second-order valence-electron chi connectivity index (χ2n) is 10.4. The molecule has 0 bridgehead atoms. The van der Waals surface area contributed by atoms with E-state index in [-0.39, 0.29) is 35.2 Å². The second kappa shape index (κ2) is 14.0. The lowest BCUT2D eigenvalue weighted by Crippen LogP contribution is -2.52. The van der Waals surface area contributed by atoms with Gasteiger partial charge in [0.1, 0.15) is 11.1 Å². The molecule has 0 aliphatic carbocycles. The number of benzene rings is 1. The first-order valence-corrected chi connectivity index (χ1v) is 14.2. The number of aromatic nitrogens is 2. The van der Waals surface area contributed by atoms with Gasteiger partial charge in [-0.3, -0.25) is 25.0 Å². The van der Waals surface area contributed by atoms with Crippen molar-refractivity contribution in [1.29, 1.82) is 5.26 Å². The third-order valence-corrected chi connectivity index (χ3v) is 8.07. The number of aliphatic hydroxyl groups excluding tert-OH is 1. The van der Waals surface area contributed by atoms with Gasteiger partial charge in [0, 0.05) is 50.9 Å². The highest BCUT2D eigenvalue weighted by Crippen LogP contribution is 2.25. The first-order chi connectivity index (χ1) is 18.9. The van der Waals surface area contributed by atoms with Gasteiger partial charge in [0.15, 0.2) is 5.82 Å². The van der Waals surface area contributed by atoms with Crippen molar-refractivity contribution in [2.24, 2.45) is 0 Å². The summed E-state index contributed by atoms with van der Waals surface area (Å²) in [6.45, 7) is 9.57. The normalized spacial score (nSPS) is 18.4. The van der Waals surface area contributed by atoms with Gasteiger partial charge >= 0.3 is 0 Å². The molecule has 2 aliphatic rings. The van der Waals surface area contributed by atoms with Crippen LogP contribution in [0.3, 0.4) is 0 Å². The van der Waals surface area contributed by atoms with E-state index >= 15 is 0 Å². The Kier molecular flexibility index (Phi) is 10.5. The molecule has 2 aromatic rings. The van der Waals surface area contributed by atoms with Crippen LogP contribution in [0.1, 0.15) is 54.4 Å². The average molecular weight is 555 g/mol. The van der Waals surface area contributed by atoms with Crippen LogP contribution in [-0.2, 0) is 6.54 Å². The molecule has 2 N–H and O–H groups in total. The Morgan fingerprint density at radius 2 is 1.90 bits per heavy atom. The van der Waals surface area contributed by atoms with Crippen LogP contribution >= 0.6 is 11.6 Å². The van der Waals surface area contributed by atoms with Crippen LogP contribution < -0.4 is 10.4 Å². The van der Waals surface area contributed by atoms with Gasteiger partial charge in [-0.1, -0.05) is 30.7 Å². The molecular weight excluding hydrogens is 516 g/mol. The molecular formula is C28H39ClN8O2. The lowest BCUT2D eigenvalue weighted by Gasteiger charge is -2.42. The Balaban J connectivity index is 1.37. The van der Waals surface area contributed by atoms with E-state index in [1.807, 2.05) is 37.3 Å². The van der Waals surface area contributed by atoms with E-state index in [1.165, 1.54) is 37.7 Å². The first kappa shape index (κ1) is 29.2. The molecule has 1 aromatic carbocycles. The van der Waals surface area contributed by atoms with Gasteiger partial charge in [0.25, 0.3) is 5.91 Å². The Labute approximate surface area is 236 Å². The van der Waals surface area contributed by atoms with Crippen LogP contribution in [0.15, 0.2) is 30.5 Å². The highest BCUT2D eigenvalue weighted by molar-refractivity contribution is 6.32. The van der Waals surface area contributed by atoms with E-state index in [4.69, 9.17) is 11.6 Å². The molecule has 11 heteroatoms. The molecule has 4 rings (SSSR count). The largest absolute Gasteiger partial charge is 0.396 e. The van der Waals surface area contributed by atoms with E-state index in [2.05, 4.69) is 37.1 Å². The Morgan fingerprint density at radius 3 is 2.51 bits per heavy atom. The average Bonchev–Trinajstić information content (AvgIpc) is 2.96. The number of aliphatic hydroxyl groups is 1. The van der Waals surface area contributed by atoms with Gasteiger partial charge in [-0.05, 0) is 63.5 Å². The summed E-state index contributed by atoms with van der Waals surface area (Å²) in [5.74, 6) is -0.142. The predicted molar refractivity (Wildman–Crippen MR) is 151 cm³/mol. The van der Waals surface area contributed by atoms with Crippen molar-refractivity contribution in [3.05, 3.63) is 52.4 Å².